The maximum atomic E-state index is 2.45. The van der Waals surface area contributed by atoms with E-state index in [2.05, 4.69) is 36.5 Å². The molecule has 0 saturated heterocycles. The molecular weight excluding hydrogens is 251 g/mol. The van der Waals surface area contributed by atoms with Crippen LogP contribution in [0.25, 0.3) is 0 Å². The van der Waals surface area contributed by atoms with E-state index in [4.69, 9.17) is 0 Å². The summed E-state index contributed by atoms with van der Waals surface area (Å²) in [4.78, 5) is 0. The molecule has 0 bridgehead atoms. The molecule has 1 unspecified atom stereocenters. The molecule has 0 N–H and O–H groups in total. The molecule has 0 aromatic heterocycles. The van der Waals surface area contributed by atoms with Crippen LogP contribution in [0.15, 0.2) is 47.6 Å². The van der Waals surface area contributed by atoms with Gasteiger partial charge >= 0.3 is 16.8 Å². The SMILES string of the molecule is C1=CC2(/C3=C/C=C\CCCC3)CCCC2=C1.[Co+2]. The van der Waals surface area contributed by atoms with Gasteiger partial charge in [-0.3, -0.25) is 0 Å². The monoisotopic (exact) mass is 271 g/mol. The van der Waals surface area contributed by atoms with Crippen LogP contribution in [0, 0.1) is 5.41 Å². The molecule has 0 nitrogen and oxygen atoms in total. The third kappa shape index (κ3) is 2.23. The van der Waals surface area contributed by atoms with Crippen molar-refractivity contribution in [3.63, 3.8) is 0 Å². The van der Waals surface area contributed by atoms with Gasteiger partial charge in [-0.2, -0.15) is 0 Å². The number of allylic oxidation sites excluding steroid dienone is 8. The molecule has 0 aromatic rings. The molecule has 0 spiro atoms. The van der Waals surface area contributed by atoms with Crippen molar-refractivity contribution in [3.8, 4) is 0 Å². The number of hydrogen-bond donors (Lipinski definition) is 0. The molecule has 1 radical (unpaired) electrons. The van der Waals surface area contributed by atoms with Crippen LogP contribution >= 0.6 is 0 Å². The topological polar surface area (TPSA) is 0 Å². The van der Waals surface area contributed by atoms with Crippen molar-refractivity contribution in [1.29, 1.82) is 0 Å². The van der Waals surface area contributed by atoms with Crippen LogP contribution in [0.4, 0.5) is 0 Å². The zero-order valence-corrected chi connectivity index (χ0v) is 11.3. The van der Waals surface area contributed by atoms with Gasteiger partial charge in [0.2, 0.25) is 0 Å². The second kappa shape index (κ2) is 5.41. The summed E-state index contributed by atoms with van der Waals surface area (Å²) in [6, 6.07) is 0. The van der Waals surface area contributed by atoms with Gasteiger partial charge in [-0.25, -0.2) is 0 Å². The number of rotatable bonds is 1. The molecule has 3 aliphatic carbocycles. The van der Waals surface area contributed by atoms with Gasteiger partial charge in [0.05, 0.1) is 0 Å². The standard InChI is InChI=1S/C16H20.Co/c1-2-4-8-14(9-5-3-1)16-12-6-10-15(16)11-7-13-16;/h2,4,6,8,10,12H,1,3,5,7,9,11,13H2;/q;+2/b4-2-,14-8+;. The van der Waals surface area contributed by atoms with Crippen LogP contribution in [0.1, 0.15) is 44.9 Å². The van der Waals surface area contributed by atoms with Crippen LogP contribution in [0.2, 0.25) is 0 Å². The first-order valence-corrected chi connectivity index (χ1v) is 6.67. The van der Waals surface area contributed by atoms with Crippen molar-refractivity contribution < 1.29 is 16.8 Å². The van der Waals surface area contributed by atoms with E-state index < -0.39 is 0 Å². The zero-order valence-electron chi connectivity index (χ0n) is 10.2. The van der Waals surface area contributed by atoms with E-state index in [1.165, 1.54) is 44.9 Å². The average Bonchev–Trinajstić information content (AvgIpc) is 2.75. The minimum absolute atomic E-state index is 0. The quantitative estimate of drug-likeness (QED) is 0.648. The Kier molecular flexibility index (Phi) is 4.11. The molecule has 91 valence electrons. The Hall–Kier alpha value is -0.534. The summed E-state index contributed by atoms with van der Waals surface area (Å²) in [7, 11) is 0. The summed E-state index contributed by atoms with van der Waals surface area (Å²) in [6.07, 6.45) is 23.4. The Morgan fingerprint density at radius 2 is 1.65 bits per heavy atom. The van der Waals surface area contributed by atoms with Gasteiger partial charge in [0.1, 0.15) is 0 Å². The molecule has 0 amide bonds. The Morgan fingerprint density at radius 1 is 0.882 bits per heavy atom. The van der Waals surface area contributed by atoms with Crippen molar-refractivity contribution in [3.05, 3.63) is 47.6 Å². The van der Waals surface area contributed by atoms with Crippen LogP contribution in [-0.2, 0) is 16.8 Å². The largest absolute Gasteiger partial charge is 2.00 e. The van der Waals surface area contributed by atoms with Crippen LogP contribution in [0.5, 0.6) is 0 Å². The smallest absolute Gasteiger partial charge is 0.0845 e. The van der Waals surface area contributed by atoms with Crippen molar-refractivity contribution in [2.45, 2.75) is 44.9 Å². The van der Waals surface area contributed by atoms with E-state index in [0.717, 1.165) is 0 Å². The van der Waals surface area contributed by atoms with Gasteiger partial charge < -0.3 is 0 Å². The van der Waals surface area contributed by atoms with Gasteiger partial charge in [0.25, 0.3) is 0 Å². The second-order valence-corrected chi connectivity index (χ2v) is 5.24. The first kappa shape index (κ1) is 12.9. The minimum atomic E-state index is 0. The van der Waals surface area contributed by atoms with E-state index in [1.807, 2.05) is 0 Å². The number of hydrogen-bond acceptors (Lipinski definition) is 0. The Balaban J connectivity index is 0.00000108. The summed E-state index contributed by atoms with van der Waals surface area (Å²) >= 11 is 0. The fourth-order valence-electron chi connectivity index (χ4n) is 3.48. The molecule has 3 rings (SSSR count). The Morgan fingerprint density at radius 3 is 2.53 bits per heavy atom. The van der Waals surface area contributed by atoms with Crippen LogP contribution < -0.4 is 0 Å². The third-order valence-electron chi connectivity index (χ3n) is 4.34. The van der Waals surface area contributed by atoms with Gasteiger partial charge in [-0.1, -0.05) is 47.6 Å². The van der Waals surface area contributed by atoms with E-state index in [9.17, 15) is 0 Å². The first-order valence-electron chi connectivity index (χ1n) is 6.67. The van der Waals surface area contributed by atoms with Gasteiger partial charge in [-0.15, -0.1) is 0 Å². The molecular formula is C16H20Co+2. The minimum Gasteiger partial charge on any atom is -0.0845 e. The molecule has 0 aromatic carbocycles. The fourth-order valence-corrected chi connectivity index (χ4v) is 3.48. The van der Waals surface area contributed by atoms with E-state index in [0.29, 0.717) is 5.41 Å². The van der Waals surface area contributed by atoms with Crippen molar-refractivity contribution >= 4 is 0 Å². The second-order valence-electron chi connectivity index (χ2n) is 5.24. The van der Waals surface area contributed by atoms with Gasteiger partial charge in [-0.05, 0) is 44.9 Å². The average molecular weight is 271 g/mol. The molecule has 1 atom stereocenters. The molecule has 3 aliphatic rings. The molecule has 1 heteroatoms. The number of fused-ring (bicyclic) bond motifs is 1. The third-order valence-corrected chi connectivity index (χ3v) is 4.34. The molecule has 0 aliphatic heterocycles. The summed E-state index contributed by atoms with van der Waals surface area (Å²) < 4.78 is 0. The van der Waals surface area contributed by atoms with E-state index >= 15 is 0 Å². The summed E-state index contributed by atoms with van der Waals surface area (Å²) in [5.41, 5.74) is 3.69. The summed E-state index contributed by atoms with van der Waals surface area (Å²) in [5.74, 6) is 0. The first-order chi connectivity index (χ1) is 7.92. The Bertz CT molecular complexity index is 398. The van der Waals surface area contributed by atoms with Crippen molar-refractivity contribution in [1.82, 2.24) is 0 Å². The normalized spacial score (nSPS) is 36.0. The predicted octanol–water partition coefficient (Wildman–Crippen LogP) is 4.71. The molecule has 1 saturated carbocycles. The van der Waals surface area contributed by atoms with Crippen molar-refractivity contribution in [2.75, 3.05) is 0 Å². The molecule has 17 heavy (non-hydrogen) atoms. The van der Waals surface area contributed by atoms with E-state index in [1.54, 1.807) is 11.1 Å². The molecule has 1 fully saturated rings. The van der Waals surface area contributed by atoms with Gasteiger partial charge in [0.15, 0.2) is 0 Å². The summed E-state index contributed by atoms with van der Waals surface area (Å²) in [6.45, 7) is 0. The van der Waals surface area contributed by atoms with Crippen LogP contribution in [0.3, 0.4) is 0 Å². The maximum Gasteiger partial charge on any atom is 2.00 e. The van der Waals surface area contributed by atoms with E-state index in [-0.39, 0.29) is 16.8 Å². The maximum absolute atomic E-state index is 2.45. The summed E-state index contributed by atoms with van der Waals surface area (Å²) in [5, 5.41) is 0. The zero-order chi connectivity index (χ0) is 10.8. The molecule has 0 heterocycles. The fraction of sp³-hybridized carbons (Fsp3) is 0.500. The van der Waals surface area contributed by atoms with Gasteiger partial charge in [0, 0.05) is 5.41 Å². The van der Waals surface area contributed by atoms with Crippen LogP contribution in [-0.4, -0.2) is 0 Å². The van der Waals surface area contributed by atoms with Crippen molar-refractivity contribution in [2.24, 2.45) is 5.41 Å². The predicted molar refractivity (Wildman–Crippen MR) is 69.2 cm³/mol. The Labute approximate surface area is 115 Å².